The predicted molar refractivity (Wildman–Crippen MR) is 47.4 cm³/mol. The Morgan fingerprint density at radius 2 is 1.73 bits per heavy atom. The number of rotatable bonds is 3. The van der Waals surface area contributed by atoms with E-state index in [1.807, 2.05) is 0 Å². The Balaban J connectivity index is 2.18. The van der Waals surface area contributed by atoms with E-state index in [2.05, 4.69) is 13.8 Å². The molecule has 1 unspecified atom stereocenters. The maximum atomic E-state index is 8.66. The van der Waals surface area contributed by atoms with Crippen molar-refractivity contribution in [3.8, 4) is 0 Å². The second kappa shape index (κ2) is 4.10. The largest absolute Gasteiger partial charge is 0.396 e. The van der Waals surface area contributed by atoms with Crippen molar-refractivity contribution < 1.29 is 5.11 Å². The van der Waals surface area contributed by atoms with Gasteiger partial charge in [0, 0.05) is 6.61 Å². The fraction of sp³-hybridized carbons (Fsp3) is 1.00. The van der Waals surface area contributed by atoms with E-state index >= 15 is 0 Å². The zero-order valence-corrected chi connectivity index (χ0v) is 7.71. The Labute approximate surface area is 69.8 Å². The van der Waals surface area contributed by atoms with Gasteiger partial charge in [0.2, 0.25) is 0 Å². The summed E-state index contributed by atoms with van der Waals surface area (Å²) in [4.78, 5) is 0. The zero-order valence-electron chi connectivity index (χ0n) is 7.71. The van der Waals surface area contributed by atoms with E-state index in [-0.39, 0.29) is 0 Å². The second-order valence-corrected chi connectivity index (χ2v) is 4.16. The maximum absolute atomic E-state index is 8.66. The minimum Gasteiger partial charge on any atom is -0.396 e. The summed E-state index contributed by atoms with van der Waals surface area (Å²) >= 11 is 0. The van der Waals surface area contributed by atoms with Crippen LogP contribution >= 0.6 is 0 Å². The van der Waals surface area contributed by atoms with Crippen molar-refractivity contribution in [2.45, 2.75) is 39.5 Å². The molecule has 1 fully saturated rings. The highest BCUT2D eigenvalue weighted by Gasteiger charge is 2.27. The molecule has 1 aliphatic rings. The summed E-state index contributed by atoms with van der Waals surface area (Å²) in [6.45, 7) is 5.08. The fourth-order valence-corrected chi connectivity index (χ4v) is 2.23. The van der Waals surface area contributed by atoms with Crippen LogP contribution in [0.25, 0.3) is 0 Å². The summed E-state index contributed by atoms with van der Waals surface area (Å²) in [5.41, 5.74) is 0. The Hall–Kier alpha value is -0.0400. The van der Waals surface area contributed by atoms with Gasteiger partial charge in [-0.25, -0.2) is 0 Å². The first-order valence-electron chi connectivity index (χ1n) is 4.85. The molecule has 11 heavy (non-hydrogen) atoms. The SMILES string of the molecule is C[C@@H]1CC(CCCO)C[C@@H]1C. The smallest absolute Gasteiger partial charge is 0.0431 e. The summed E-state index contributed by atoms with van der Waals surface area (Å²) in [7, 11) is 0. The summed E-state index contributed by atoms with van der Waals surface area (Å²) in [6, 6.07) is 0. The van der Waals surface area contributed by atoms with Gasteiger partial charge in [0.25, 0.3) is 0 Å². The molecule has 0 aromatic heterocycles. The van der Waals surface area contributed by atoms with Crippen LogP contribution in [-0.2, 0) is 0 Å². The van der Waals surface area contributed by atoms with Crippen LogP contribution in [0, 0.1) is 17.8 Å². The summed E-state index contributed by atoms with van der Waals surface area (Å²) < 4.78 is 0. The summed E-state index contributed by atoms with van der Waals surface area (Å²) in [5, 5.41) is 8.66. The van der Waals surface area contributed by atoms with Crippen LogP contribution in [0.5, 0.6) is 0 Å². The molecule has 0 bridgehead atoms. The third kappa shape index (κ3) is 2.48. The van der Waals surface area contributed by atoms with Gasteiger partial charge in [0.05, 0.1) is 0 Å². The maximum Gasteiger partial charge on any atom is 0.0431 e. The Kier molecular flexibility index (Phi) is 3.38. The average molecular weight is 156 g/mol. The fourth-order valence-electron chi connectivity index (χ4n) is 2.23. The number of hydrogen-bond acceptors (Lipinski definition) is 1. The van der Waals surface area contributed by atoms with Crippen LogP contribution in [0.3, 0.4) is 0 Å². The van der Waals surface area contributed by atoms with E-state index in [0.717, 1.165) is 24.2 Å². The molecule has 0 radical (unpaired) electrons. The monoisotopic (exact) mass is 156 g/mol. The van der Waals surface area contributed by atoms with E-state index < -0.39 is 0 Å². The molecule has 3 atom stereocenters. The Bertz CT molecular complexity index is 101. The topological polar surface area (TPSA) is 20.2 Å². The van der Waals surface area contributed by atoms with Crippen LogP contribution in [0.1, 0.15) is 39.5 Å². The molecule has 1 nitrogen and oxygen atoms in total. The van der Waals surface area contributed by atoms with Gasteiger partial charge in [-0.1, -0.05) is 13.8 Å². The van der Waals surface area contributed by atoms with Gasteiger partial charge in [0.1, 0.15) is 0 Å². The van der Waals surface area contributed by atoms with Crippen LogP contribution in [0.4, 0.5) is 0 Å². The highest BCUT2D eigenvalue weighted by molar-refractivity contribution is 4.77. The number of aliphatic hydroxyl groups is 1. The quantitative estimate of drug-likeness (QED) is 0.665. The highest BCUT2D eigenvalue weighted by Crippen LogP contribution is 2.37. The minimum atomic E-state index is 0.374. The van der Waals surface area contributed by atoms with Crippen LogP contribution < -0.4 is 0 Å². The van der Waals surface area contributed by atoms with Crippen molar-refractivity contribution in [1.29, 1.82) is 0 Å². The molecule has 66 valence electrons. The van der Waals surface area contributed by atoms with Crippen molar-refractivity contribution in [3.63, 3.8) is 0 Å². The van der Waals surface area contributed by atoms with Gasteiger partial charge >= 0.3 is 0 Å². The molecule has 1 heteroatoms. The summed E-state index contributed by atoms with van der Waals surface area (Å²) in [6.07, 6.45) is 5.03. The standard InChI is InChI=1S/C10H20O/c1-8-6-10(4-3-5-11)7-9(8)2/h8-11H,3-7H2,1-2H3/t8-,9+,10?. The van der Waals surface area contributed by atoms with Gasteiger partial charge in [-0.05, 0) is 43.4 Å². The normalized spacial score (nSPS) is 37.9. The molecule has 0 spiro atoms. The first-order valence-corrected chi connectivity index (χ1v) is 4.85. The average Bonchev–Trinajstić information content (AvgIpc) is 2.28. The molecule has 0 amide bonds. The second-order valence-electron chi connectivity index (χ2n) is 4.16. The van der Waals surface area contributed by atoms with Crippen LogP contribution in [0.15, 0.2) is 0 Å². The first kappa shape index (κ1) is 9.05. The van der Waals surface area contributed by atoms with Crippen molar-refractivity contribution in [3.05, 3.63) is 0 Å². The molecule has 0 saturated heterocycles. The van der Waals surface area contributed by atoms with Crippen molar-refractivity contribution in [1.82, 2.24) is 0 Å². The van der Waals surface area contributed by atoms with E-state index in [1.54, 1.807) is 0 Å². The molecule has 0 aromatic rings. The van der Waals surface area contributed by atoms with Crippen LogP contribution in [-0.4, -0.2) is 11.7 Å². The molecule has 1 saturated carbocycles. The predicted octanol–water partition coefficient (Wildman–Crippen LogP) is 2.44. The Morgan fingerprint density at radius 1 is 1.18 bits per heavy atom. The molecule has 1 aliphatic carbocycles. The van der Waals surface area contributed by atoms with Gasteiger partial charge in [-0.2, -0.15) is 0 Å². The van der Waals surface area contributed by atoms with E-state index in [9.17, 15) is 0 Å². The molecular weight excluding hydrogens is 136 g/mol. The molecule has 1 rings (SSSR count). The lowest BCUT2D eigenvalue weighted by Crippen LogP contribution is -1.95. The van der Waals surface area contributed by atoms with Gasteiger partial charge < -0.3 is 5.11 Å². The number of aliphatic hydroxyl groups excluding tert-OH is 1. The third-order valence-corrected chi connectivity index (χ3v) is 3.15. The van der Waals surface area contributed by atoms with Gasteiger partial charge in [-0.3, -0.25) is 0 Å². The lowest BCUT2D eigenvalue weighted by molar-refractivity contribution is 0.270. The van der Waals surface area contributed by atoms with Crippen molar-refractivity contribution >= 4 is 0 Å². The summed E-state index contributed by atoms with van der Waals surface area (Å²) in [5.74, 6) is 2.74. The molecule has 0 aromatic carbocycles. The third-order valence-electron chi connectivity index (χ3n) is 3.15. The van der Waals surface area contributed by atoms with Crippen molar-refractivity contribution in [2.24, 2.45) is 17.8 Å². The first-order chi connectivity index (χ1) is 5.24. The highest BCUT2D eigenvalue weighted by atomic mass is 16.2. The van der Waals surface area contributed by atoms with Gasteiger partial charge in [0.15, 0.2) is 0 Å². The Morgan fingerprint density at radius 3 is 2.18 bits per heavy atom. The number of hydrogen-bond donors (Lipinski definition) is 1. The zero-order chi connectivity index (χ0) is 8.27. The van der Waals surface area contributed by atoms with Crippen LogP contribution in [0.2, 0.25) is 0 Å². The molecule has 0 heterocycles. The van der Waals surface area contributed by atoms with Gasteiger partial charge in [-0.15, -0.1) is 0 Å². The van der Waals surface area contributed by atoms with E-state index in [4.69, 9.17) is 5.11 Å². The molecule has 0 aliphatic heterocycles. The lowest BCUT2D eigenvalue weighted by Gasteiger charge is -2.06. The molecule has 1 N–H and O–H groups in total. The molecular formula is C10H20O. The van der Waals surface area contributed by atoms with E-state index in [1.165, 1.54) is 19.3 Å². The van der Waals surface area contributed by atoms with Crippen molar-refractivity contribution in [2.75, 3.05) is 6.61 Å². The van der Waals surface area contributed by atoms with E-state index in [0.29, 0.717) is 6.61 Å². The lowest BCUT2D eigenvalue weighted by atomic mass is 10.0. The minimum absolute atomic E-state index is 0.374.